The highest BCUT2D eigenvalue weighted by Crippen LogP contribution is 2.12. The first-order valence-corrected chi connectivity index (χ1v) is 7.56. The molecule has 0 fully saturated rings. The van der Waals surface area contributed by atoms with Crippen LogP contribution in [0.2, 0.25) is 0 Å². The van der Waals surface area contributed by atoms with Gasteiger partial charge in [-0.05, 0) is 24.1 Å². The van der Waals surface area contributed by atoms with Crippen LogP contribution in [0.1, 0.15) is 16.8 Å². The number of nitrogens with one attached hydrogen (secondary N) is 2. The minimum absolute atomic E-state index is 0.627. The van der Waals surface area contributed by atoms with Gasteiger partial charge < -0.3 is 10.6 Å². The molecule has 5 nitrogen and oxygen atoms in total. The average molecular weight is 305 g/mol. The molecule has 2 aromatic heterocycles. The fourth-order valence-corrected chi connectivity index (χ4v) is 2.21. The molecule has 0 spiro atoms. The quantitative estimate of drug-likeness (QED) is 0.731. The third-order valence-electron chi connectivity index (χ3n) is 3.34. The number of aryl methyl sites for hydroxylation is 1. The third kappa shape index (κ3) is 4.51. The summed E-state index contributed by atoms with van der Waals surface area (Å²) in [5.41, 5.74) is 3.23. The molecule has 2 N–H and O–H groups in total. The molecule has 1 aromatic carbocycles. The topological polar surface area (TPSA) is 62.7 Å². The molecule has 3 aromatic rings. The molecule has 3 rings (SSSR count). The summed E-state index contributed by atoms with van der Waals surface area (Å²) in [4.78, 5) is 13.0. The Hall–Kier alpha value is -2.95. The minimum Gasteiger partial charge on any atom is -0.366 e. The zero-order valence-corrected chi connectivity index (χ0v) is 13.0. The molecule has 0 saturated carbocycles. The van der Waals surface area contributed by atoms with Crippen molar-refractivity contribution in [3.8, 4) is 0 Å². The molecule has 5 heteroatoms. The minimum atomic E-state index is 0.627. The van der Waals surface area contributed by atoms with Crippen molar-refractivity contribution in [2.24, 2.45) is 0 Å². The lowest BCUT2D eigenvalue weighted by Gasteiger charge is -2.10. The van der Waals surface area contributed by atoms with E-state index in [0.29, 0.717) is 19.0 Å². The van der Waals surface area contributed by atoms with E-state index in [1.807, 2.05) is 49.5 Å². The standard InChI is InChI=1S/C18H19N5/c1-14-10-17(20-13-16-8-5-9-19-11-16)23-18(22-14)21-12-15-6-3-2-4-7-15/h2-11H,12-13H2,1H3,(H2,20,21,22,23). The molecule has 2 heterocycles. The predicted octanol–water partition coefficient (Wildman–Crippen LogP) is 3.40. The molecule has 0 aliphatic heterocycles. The first-order valence-electron chi connectivity index (χ1n) is 7.56. The average Bonchev–Trinajstić information content (AvgIpc) is 2.60. The van der Waals surface area contributed by atoms with Gasteiger partial charge in [0.15, 0.2) is 0 Å². The van der Waals surface area contributed by atoms with Gasteiger partial charge in [-0.15, -0.1) is 0 Å². The Morgan fingerprint density at radius 1 is 0.870 bits per heavy atom. The van der Waals surface area contributed by atoms with Crippen molar-refractivity contribution >= 4 is 11.8 Å². The van der Waals surface area contributed by atoms with Crippen LogP contribution in [0.3, 0.4) is 0 Å². The Kier molecular flexibility index (Phi) is 4.79. The van der Waals surface area contributed by atoms with E-state index in [-0.39, 0.29) is 0 Å². The number of aromatic nitrogens is 3. The van der Waals surface area contributed by atoms with Gasteiger partial charge in [-0.1, -0.05) is 36.4 Å². The van der Waals surface area contributed by atoms with Gasteiger partial charge in [0, 0.05) is 37.2 Å². The van der Waals surface area contributed by atoms with Gasteiger partial charge in [-0.3, -0.25) is 4.98 Å². The Labute approximate surface area is 135 Å². The molecule has 0 amide bonds. The van der Waals surface area contributed by atoms with E-state index in [9.17, 15) is 0 Å². The number of hydrogen-bond donors (Lipinski definition) is 2. The maximum atomic E-state index is 4.51. The number of pyridine rings is 1. The largest absolute Gasteiger partial charge is 0.366 e. The maximum Gasteiger partial charge on any atom is 0.225 e. The van der Waals surface area contributed by atoms with Crippen LogP contribution in [0.5, 0.6) is 0 Å². The molecule has 23 heavy (non-hydrogen) atoms. The first kappa shape index (κ1) is 15.0. The van der Waals surface area contributed by atoms with Gasteiger partial charge in [0.25, 0.3) is 0 Å². The third-order valence-corrected chi connectivity index (χ3v) is 3.34. The fraction of sp³-hybridized carbons (Fsp3) is 0.167. The molecule has 0 aliphatic carbocycles. The summed E-state index contributed by atoms with van der Waals surface area (Å²) in [6, 6.07) is 16.1. The molecule has 0 saturated heterocycles. The molecule has 0 aliphatic rings. The molecule has 0 bridgehead atoms. The van der Waals surface area contributed by atoms with Crippen LogP contribution in [-0.4, -0.2) is 15.0 Å². The van der Waals surface area contributed by atoms with E-state index in [0.717, 1.165) is 17.1 Å². The highest BCUT2D eigenvalue weighted by Gasteiger charge is 2.02. The van der Waals surface area contributed by atoms with Crippen LogP contribution in [-0.2, 0) is 13.1 Å². The summed E-state index contributed by atoms with van der Waals surface area (Å²) in [7, 11) is 0. The van der Waals surface area contributed by atoms with Crippen molar-refractivity contribution in [1.29, 1.82) is 0 Å². The first-order chi connectivity index (χ1) is 11.3. The zero-order chi connectivity index (χ0) is 15.9. The second kappa shape index (κ2) is 7.35. The lowest BCUT2D eigenvalue weighted by molar-refractivity contribution is 1.01. The highest BCUT2D eigenvalue weighted by molar-refractivity contribution is 5.43. The number of rotatable bonds is 6. The van der Waals surface area contributed by atoms with Crippen molar-refractivity contribution in [2.45, 2.75) is 20.0 Å². The predicted molar refractivity (Wildman–Crippen MR) is 92.1 cm³/mol. The Morgan fingerprint density at radius 3 is 2.43 bits per heavy atom. The van der Waals surface area contributed by atoms with E-state index >= 15 is 0 Å². The summed E-state index contributed by atoms with van der Waals surface area (Å²) < 4.78 is 0. The second-order valence-corrected chi connectivity index (χ2v) is 5.27. The van der Waals surface area contributed by atoms with Crippen molar-refractivity contribution < 1.29 is 0 Å². The highest BCUT2D eigenvalue weighted by atomic mass is 15.1. The molecule has 0 radical (unpaired) electrons. The van der Waals surface area contributed by atoms with Crippen molar-refractivity contribution in [3.63, 3.8) is 0 Å². The molecule has 116 valence electrons. The van der Waals surface area contributed by atoms with E-state index in [4.69, 9.17) is 0 Å². The fourth-order valence-electron chi connectivity index (χ4n) is 2.21. The number of hydrogen-bond acceptors (Lipinski definition) is 5. The van der Waals surface area contributed by atoms with Gasteiger partial charge in [0.1, 0.15) is 5.82 Å². The van der Waals surface area contributed by atoms with E-state index < -0.39 is 0 Å². The van der Waals surface area contributed by atoms with Crippen LogP contribution < -0.4 is 10.6 Å². The number of nitrogens with zero attached hydrogens (tertiary/aromatic N) is 3. The van der Waals surface area contributed by atoms with Gasteiger partial charge in [-0.25, -0.2) is 4.98 Å². The number of benzene rings is 1. The Balaban J connectivity index is 1.64. The van der Waals surface area contributed by atoms with E-state index in [1.165, 1.54) is 5.56 Å². The Morgan fingerprint density at radius 2 is 1.65 bits per heavy atom. The molecular formula is C18H19N5. The van der Waals surface area contributed by atoms with Crippen LogP contribution in [0.4, 0.5) is 11.8 Å². The normalized spacial score (nSPS) is 10.3. The monoisotopic (exact) mass is 305 g/mol. The van der Waals surface area contributed by atoms with E-state index in [1.54, 1.807) is 6.20 Å². The number of anilines is 2. The van der Waals surface area contributed by atoms with Crippen LogP contribution in [0.25, 0.3) is 0 Å². The van der Waals surface area contributed by atoms with Gasteiger partial charge in [-0.2, -0.15) is 4.98 Å². The van der Waals surface area contributed by atoms with Crippen molar-refractivity contribution in [3.05, 3.63) is 77.7 Å². The lowest BCUT2D eigenvalue weighted by Crippen LogP contribution is -2.08. The summed E-state index contributed by atoms with van der Waals surface area (Å²) >= 11 is 0. The molecule has 0 atom stereocenters. The van der Waals surface area contributed by atoms with Crippen molar-refractivity contribution in [1.82, 2.24) is 15.0 Å². The molecule has 0 unspecified atom stereocenters. The lowest BCUT2D eigenvalue weighted by atomic mass is 10.2. The van der Waals surface area contributed by atoms with Gasteiger partial charge in [0.2, 0.25) is 5.95 Å². The van der Waals surface area contributed by atoms with Crippen LogP contribution in [0, 0.1) is 6.92 Å². The summed E-state index contributed by atoms with van der Waals surface area (Å²) in [6.45, 7) is 3.35. The van der Waals surface area contributed by atoms with E-state index in [2.05, 4.69) is 37.7 Å². The zero-order valence-electron chi connectivity index (χ0n) is 13.0. The summed E-state index contributed by atoms with van der Waals surface area (Å²) in [5, 5.41) is 6.58. The smallest absolute Gasteiger partial charge is 0.225 e. The maximum absolute atomic E-state index is 4.51. The van der Waals surface area contributed by atoms with Gasteiger partial charge in [0.05, 0.1) is 0 Å². The summed E-state index contributed by atoms with van der Waals surface area (Å²) in [6.07, 6.45) is 3.61. The second-order valence-electron chi connectivity index (χ2n) is 5.27. The SMILES string of the molecule is Cc1cc(NCc2cccnc2)nc(NCc2ccccc2)n1. The molecular weight excluding hydrogens is 286 g/mol. The van der Waals surface area contributed by atoms with Crippen molar-refractivity contribution in [2.75, 3.05) is 10.6 Å². The van der Waals surface area contributed by atoms with Crippen LogP contribution in [0.15, 0.2) is 60.9 Å². The Bertz CT molecular complexity index is 682. The van der Waals surface area contributed by atoms with Crippen LogP contribution >= 0.6 is 0 Å². The summed E-state index contributed by atoms with van der Waals surface area (Å²) in [5.74, 6) is 1.43. The van der Waals surface area contributed by atoms with Gasteiger partial charge >= 0.3 is 0 Å².